The summed E-state index contributed by atoms with van der Waals surface area (Å²) in [5, 5.41) is 16.9. The number of nitrogens with one attached hydrogen (secondary N) is 2. The Morgan fingerprint density at radius 1 is 1.25 bits per heavy atom. The van der Waals surface area contributed by atoms with Gasteiger partial charge in [-0.15, -0.1) is 0 Å². The second-order valence-electron chi connectivity index (χ2n) is 7.61. The van der Waals surface area contributed by atoms with Crippen LogP contribution < -0.4 is 10.6 Å². The van der Waals surface area contributed by atoms with Crippen LogP contribution in [-0.2, 0) is 9.59 Å². The molecule has 136 valence electrons. The summed E-state index contributed by atoms with van der Waals surface area (Å²) < 4.78 is 0. The minimum absolute atomic E-state index is 0.0678. The number of unbranched alkanes of at least 4 members (excludes halogenated alkanes) is 1. The third kappa shape index (κ3) is 3.06. The smallest absolute Gasteiger partial charge is 0.248 e. The molecule has 1 saturated carbocycles. The molecule has 24 heavy (non-hydrogen) atoms. The lowest BCUT2D eigenvalue weighted by molar-refractivity contribution is -0.164. The Hall–Kier alpha value is -1.14. The molecule has 1 spiro atoms. The first-order valence-corrected chi connectivity index (χ1v) is 9.61. The fourth-order valence-electron chi connectivity index (χ4n) is 4.62. The molecule has 0 aromatic rings. The number of hydrogen-bond donors (Lipinski definition) is 3. The van der Waals surface area contributed by atoms with Gasteiger partial charge in [0.05, 0.1) is 6.10 Å². The zero-order chi connectivity index (χ0) is 17.2. The molecular formula is C18H31N3O3. The third-order valence-corrected chi connectivity index (χ3v) is 6.15. The fourth-order valence-corrected chi connectivity index (χ4v) is 4.62. The maximum atomic E-state index is 13.2. The standard InChI is InChI=1S/C18H31N3O3/c1-2-3-12-21-16(23)14(15(22)13-6-4-5-7-13)20-17(24)18(21)8-10-19-11-9-18/h13-15,19,22H,2-12H2,1H3,(H,20,24). The number of rotatable bonds is 5. The molecule has 2 heterocycles. The van der Waals surface area contributed by atoms with E-state index in [1.165, 1.54) is 0 Å². The second kappa shape index (κ2) is 7.40. The third-order valence-electron chi connectivity index (χ3n) is 6.15. The molecule has 0 aromatic heterocycles. The number of aliphatic hydroxyl groups is 1. The van der Waals surface area contributed by atoms with Gasteiger partial charge in [0.15, 0.2) is 0 Å². The van der Waals surface area contributed by atoms with Crippen molar-refractivity contribution >= 4 is 11.8 Å². The summed E-state index contributed by atoms with van der Waals surface area (Å²) in [5.41, 5.74) is -0.719. The van der Waals surface area contributed by atoms with Gasteiger partial charge < -0.3 is 20.6 Å². The van der Waals surface area contributed by atoms with Crippen LogP contribution in [0.3, 0.4) is 0 Å². The predicted octanol–water partition coefficient (Wildman–Crippen LogP) is 0.787. The minimum atomic E-state index is -0.766. The van der Waals surface area contributed by atoms with Crippen molar-refractivity contribution in [3.05, 3.63) is 0 Å². The average molecular weight is 337 g/mol. The fraction of sp³-hybridized carbons (Fsp3) is 0.889. The van der Waals surface area contributed by atoms with Crippen molar-refractivity contribution in [3.8, 4) is 0 Å². The van der Waals surface area contributed by atoms with Crippen LogP contribution in [0.4, 0.5) is 0 Å². The van der Waals surface area contributed by atoms with E-state index in [9.17, 15) is 14.7 Å². The van der Waals surface area contributed by atoms with Gasteiger partial charge in [-0.2, -0.15) is 0 Å². The Labute approximate surface area is 144 Å². The number of carbonyl (C=O) groups excluding carboxylic acids is 2. The Balaban J connectivity index is 1.82. The van der Waals surface area contributed by atoms with E-state index < -0.39 is 17.7 Å². The molecule has 1 aliphatic carbocycles. The second-order valence-corrected chi connectivity index (χ2v) is 7.61. The lowest BCUT2D eigenvalue weighted by Crippen LogP contribution is -2.74. The minimum Gasteiger partial charge on any atom is -0.390 e. The van der Waals surface area contributed by atoms with Gasteiger partial charge in [-0.05, 0) is 51.1 Å². The van der Waals surface area contributed by atoms with Gasteiger partial charge >= 0.3 is 0 Å². The molecular weight excluding hydrogens is 306 g/mol. The van der Waals surface area contributed by atoms with Gasteiger partial charge in [0.2, 0.25) is 11.8 Å². The summed E-state index contributed by atoms with van der Waals surface area (Å²) >= 11 is 0. The van der Waals surface area contributed by atoms with E-state index in [1.54, 1.807) is 4.90 Å². The van der Waals surface area contributed by atoms with Gasteiger partial charge in [0.25, 0.3) is 0 Å². The van der Waals surface area contributed by atoms with E-state index in [4.69, 9.17) is 0 Å². The van der Waals surface area contributed by atoms with Crippen LogP contribution >= 0.6 is 0 Å². The highest BCUT2D eigenvalue weighted by Crippen LogP contribution is 2.35. The molecule has 2 aliphatic heterocycles. The Morgan fingerprint density at radius 2 is 1.92 bits per heavy atom. The maximum Gasteiger partial charge on any atom is 0.248 e. The summed E-state index contributed by atoms with van der Waals surface area (Å²) in [6.45, 7) is 4.20. The van der Waals surface area contributed by atoms with Crippen LogP contribution in [0.2, 0.25) is 0 Å². The number of aliphatic hydroxyl groups excluding tert-OH is 1. The van der Waals surface area contributed by atoms with Gasteiger partial charge in [-0.3, -0.25) is 9.59 Å². The van der Waals surface area contributed by atoms with Crippen molar-refractivity contribution in [3.63, 3.8) is 0 Å². The first-order valence-electron chi connectivity index (χ1n) is 9.61. The topological polar surface area (TPSA) is 81.7 Å². The normalized spacial score (nSPS) is 29.1. The maximum absolute atomic E-state index is 13.2. The molecule has 0 radical (unpaired) electrons. The number of piperidine rings is 1. The molecule has 0 bridgehead atoms. The van der Waals surface area contributed by atoms with E-state index in [0.717, 1.165) is 51.6 Å². The molecule has 6 heteroatoms. The van der Waals surface area contributed by atoms with Crippen molar-refractivity contribution in [2.75, 3.05) is 19.6 Å². The van der Waals surface area contributed by atoms with E-state index >= 15 is 0 Å². The summed E-state index contributed by atoms with van der Waals surface area (Å²) in [6, 6.07) is -0.766. The molecule has 3 fully saturated rings. The lowest BCUT2D eigenvalue weighted by Gasteiger charge is -2.51. The Kier molecular flexibility index (Phi) is 5.45. The molecule has 2 atom stereocenters. The Morgan fingerprint density at radius 3 is 2.54 bits per heavy atom. The number of piperazine rings is 1. The largest absolute Gasteiger partial charge is 0.390 e. The van der Waals surface area contributed by atoms with Crippen LogP contribution in [0.5, 0.6) is 0 Å². The first-order chi connectivity index (χ1) is 11.6. The van der Waals surface area contributed by atoms with Gasteiger partial charge in [-0.25, -0.2) is 0 Å². The molecule has 2 amide bonds. The molecule has 3 rings (SSSR count). The van der Waals surface area contributed by atoms with E-state index in [1.807, 2.05) is 0 Å². The summed E-state index contributed by atoms with van der Waals surface area (Å²) in [5.74, 6) is -0.0135. The highest BCUT2D eigenvalue weighted by molar-refractivity contribution is 6.00. The van der Waals surface area contributed by atoms with Crippen molar-refractivity contribution in [1.29, 1.82) is 0 Å². The number of nitrogens with zero attached hydrogens (tertiary/aromatic N) is 1. The summed E-state index contributed by atoms with van der Waals surface area (Å²) in [6.07, 6.45) is 6.52. The van der Waals surface area contributed by atoms with E-state index in [-0.39, 0.29) is 17.7 Å². The SMILES string of the molecule is CCCCN1C(=O)C(C(O)C2CCCC2)NC(=O)C12CCNCC2. The number of carbonyl (C=O) groups is 2. The highest BCUT2D eigenvalue weighted by atomic mass is 16.3. The Bertz CT molecular complexity index is 470. The predicted molar refractivity (Wildman–Crippen MR) is 91.4 cm³/mol. The van der Waals surface area contributed by atoms with Crippen LogP contribution in [0, 0.1) is 5.92 Å². The quantitative estimate of drug-likeness (QED) is 0.693. The lowest BCUT2D eigenvalue weighted by atomic mass is 9.80. The highest BCUT2D eigenvalue weighted by Gasteiger charge is 2.54. The molecule has 3 aliphatic rings. The summed E-state index contributed by atoms with van der Waals surface area (Å²) in [7, 11) is 0. The van der Waals surface area contributed by atoms with E-state index in [2.05, 4.69) is 17.6 Å². The zero-order valence-electron chi connectivity index (χ0n) is 14.7. The van der Waals surface area contributed by atoms with Crippen molar-refractivity contribution in [1.82, 2.24) is 15.5 Å². The van der Waals surface area contributed by atoms with Gasteiger partial charge in [0.1, 0.15) is 11.6 Å². The van der Waals surface area contributed by atoms with Crippen LogP contribution in [0.1, 0.15) is 58.3 Å². The molecule has 0 aromatic carbocycles. The molecule has 2 unspecified atom stereocenters. The first kappa shape index (κ1) is 17.7. The van der Waals surface area contributed by atoms with Gasteiger partial charge in [0, 0.05) is 6.54 Å². The van der Waals surface area contributed by atoms with Crippen LogP contribution in [-0.4, -0.2) is 59.1 Å². The summed E-state index contributed by atoms with van der Waals surface area (Å²) in [4.78, 5) is 28.0. The molecule has 3 N–H and O–H groups in total. The van der Waals surface area contributed by atoms with Crippen molar-refractivity contribution in [2.24, 2.45) is 5.92 Å². The molecule has 2 saturated heterocycles. The van der Waals surface area contributed by atoms with E-state index in [0.29, 0.717) is 19.4 Å². The van der Waals surface area contributed by atoms with Gasteiger partial charge in [-0.1, -0.05) is 26.2 Å². The number of hydrogen-bond acceptors (Lipinski definition) is 4. The number of amides is 2. The monoisotopic (exact) mass is 337 g/mol. The van der Waals surface area contributed by atoms with Crippen molar-refractivity contribution < 1.29 is 14.7 Å². The van der Waals surface area contributed by atoms with Crippen LogP contribution in [0.15, 0.2) is 0 Å². The average Bonchev–Trinajstić information content (AvgIpc) is 3.13. The van der Waals surface area contributed by atoms with Crippen LogP contribution in [0.25, 0.3) is 0 Å². The molecule has 6 nitrogen and oxygen atoms in total. The zero-order valence-corrected chi connectivity index (χ0v) is 14.7. The van der Waals surface area contributed by atoms with Crippen molar-refractivity contribution in [2.45, 2.75) is 76.0 Å².